The average Bonchev–Trinajstić information content (AvgIpc) is 3.32. The summed E-state index contributed by atoms with van der Waals surface area (Å²) in [6.45, 7) is 0. The van der Waals surface area contributed by atoms with E-state index in [0.717, 1.165) is 11.6 Å². The molecule has 1 amide bonds. The fraction of sp³-hybridized carbons (Fsp3) is 0.333. The van der Waals surface area contributed by atoms with Gasteiger partial charge in [-0.25, -0.2) is 0 Å². The molecule has 126 valence electrons. The van der Waals surface area contributed by atoms with E-state index in [1.165, 1.54) is 12.1 Å². The summed E-state index contributed by atoms with van der Waals surface area (Å²) in [6, 6.07) is 9.05. The SMILES string of the molecule is O=C(CCc1ccncc1)NC1CC1c1ccccc1C(F)(F)F. The van der Waals surface area contributed by atoms with Crippen LogP contribution in [0.2, 0.25) is 0 Å². The molecule has 1 heterocycles. The molecule has 1 aromatic carbocycles. The molecule has 0 spiro atoms. The zero-order valence-corrected chi connectivity index (χ0v) is 12.9. The lowest BCUT2D eigenvalue weighted by atomic mass is 10.0. The van der Waals surface area contributed by atoms with Gasteiger partial charge >= 0.3 is 6.18 Å². The van der Waals surface area contributed by atoms with Crippen LogP contribution in [0, 0.1) is 0 Å². The topological polar surface area (TPSA) is 42.0 Å². The number of rotatable bonds is 5. The molecule has 1 saturated carbocycles. The summed E-state index contributed by atoms with van der Waals surface area (Å²) in [7, 11) is 0. The number of hydrogen-bond acceptors (Lipinski definition) is 2. The van der Waals surface area contributed by atoms with Gasteiger partial charge in [0.2, 0.25) is 5.91 Å². The van der Waals surface area contributed by atoms with Gasteiger partial charge in [0.1, 0.15) is 0 Å². The van der Waals surface area contributed by atoms with E-state index in [0.29, 0.717) is 19.3 Å². The maximum absolute atomic E-state index is 13.0. The molecule has 2 atom stereocenters. The maximum Gasteiger partial charge on any atom is 0.416 e. The van der Waals surface area contributed by atoms with Gasteiger partial charge in [0.15, 0.2) is 0 Å². The van der Waals surface area contributed by atoms with Crippen LogP contribution in [0.15, 0.2) is 48.8 Å². The number of aryl methyl sites for hydroxylation is 1. The molecule has 2 aromatic rings. The zero-order valence-electron chi connectivity index (χ0n) is 12.9. The van der Waals surface area contributed by atoms with Gasteiger partial charge in [-0.3, -0.25) is 9.78 Å². The van der Waals surface area contributed by atoms with Crippen molar-refractivity contribution in [3.05, 3.63) is 65.5 Å². The second-order valence-corrected chi connectivity index (χ2v) is 5.96. The number of alkyl halides is 3. The molecule has 1 aliphatic carbocycles. The smallest absolute Gasteiger partial charge is 0.353 e. The lowest BCUT2D eigenvalue weighted by Crippen LogP contribution is -2.27. The van der Waals surface area contributed by atoms with Gasteiger partial charge in [0.05, 0.1) is 5.56 Å². The van der Waals surface area contributed by atoms with E-state index < -0.39 is 11.7 Å². The Morgan fingerprint density at radius 3 is 2.58 bits per heavy atom. The number of pyridine rings is 1. The first-order valence-electron chi connectivity index (χ1n) is 7.79. The lowest BCUT2D eigenvalue weighted by molar-refractivity contribution is -0.138. The number of nitrogens with one attached hydrogen (secondary N) is 1. The number of nitrogens with zero attached hydrogens (tertiary/aromatic N) is 1. The Kier molecular flexibility index (Phi) is 4.55. The summed E-state index contributed by atoms with van der Waals surface area (Å²) in [6.07, 6.45) is 0.415. The van der Waals surface area contributed by atoms with E-state index in [4.69, 9.17) is 0 Å². The van der Waals surface area contributed by atoms with Crippen molar-refractivity contribution >= 4 is 5.91 Å². The van der Waals surface area contributed by atoms with Crippen molar-refractivity contribution in [3.8, 4) is 0 Å². The zero-order chi connectivity index (χ0) is 17.2. The Balaban J connectivity index is 1.56. The molecule has 1 fully saturated rings. The summed E-state index contributed by atoms with van der Waals surface area (Å²) in [5.74, 6) is -0.392. The van der Waals surface area contributed by atoms with Crippen molar-refractivity contribution in [2.45, 2.75) is 37.4 Å². The number of carbonyl (C=O) groups excluding carboxylic acids is 1. The fourth-order valence-electron chi connectivity index (χ4n) is 2.86. The Bertz CT molecular complexity index is 716. The first kappa shape index (κ1) is 16.5. The highest BCUT2D eigenvalue weighted by atomic mass is 19.4. The van der Waals surface area contributed by atoms with Gasteiger partial charge in [-0.1, -0.05) is 18.2 Å². The Morgan fingerprint density at radius 1 is 1.17 bits per heavy atom. The third kappa shape index (κ3) is 3.93. The molecule has 1 aromatic heterocycles. The molecule has 1 aliphatic rings. The molecule has 0 radical (unpaired) electrons. The molecule has 3 rings (SSSR count). The van der Waals surface area contributed by atoms with Gasteiger partial charge < -0.3 is 5.32 Å². The minimum Gasteiger partial charge on any atom is -0.353 e. The first-order valence-corrected chi connectivity index (χ1v) is 7.79. The highest BCUT2D eigenvalue weighted by Crippen LogP contribution is 2.46. The second kappa shape index (κ2) is 6.63. The number of hydrogen-bond donors (Lipinski definition) is 1. The van der Waals surface area contributed by atoms with Gasteiger partial charge in [0, 0.05) is 30.8 Å². The third-order valence-corrected chi connectivity index (χ3v) is 4.19. The van der Waals surface area contributed by atoms with Crippen LogP contribution in [0.1, 0.15) is 35.4 Å². The summed E-state index contributed by atoms with van der Waals surface area (Å²) in [5.41, 5.74) is 0.669. The van der Waals surface area contributed by atoms with Crippen LogP contribution >= 0.6 is 0 Å². The fourth-order valence-corrected chi connectivity index (χ4v) is 2.86. The summed E-state index contributed by atoms with van der Waals surface area (Å²) < 4.78 is 39.1. The van der Waals surface area contributed by atoms with E-state index in [1.807, 2.05) is 12.1 Å². The van der Waals surface area contributed by atoms with E-state index >= 15 is 0 Å². The highest BCUT2D eigenvalue weighted by molar-refractivity contribution is 5.77. The Hall–Kier alpha value is -2.37. The second-order valence-electron chi connectivity index (χ2n) is 5.96. The molecule has 6 heteroatoms. The van der Waals surface area contributed by atoms with Crippen molar-refractivity contribution in [2.24, 2.45) is 0 Å². The van der Waals surface area contributed by atoms with Crippen molar-refractivity contribution in [1.82, 2.24) is 10.3 Å². The molecule has 2 unspecified atom stereocenters. The molecule has 3 nitrogen and oxygen atoms in total. The molecule has 0 saturated heterocycles. The van der Waals surface area contributed by atoms with Gasteiger partial charge in [0.25, 0.3) is 0 Å². The molecular formula is C18H17F3N2O. The molecular weight excluding hydrogens is 317 g/mol. The monoisotopic (exact) mass is 334 g/mol. The Morgan fingerprint density at radius 2 is 1.88 bits per heavy atom. The summed E-state index contributed by atoms with van der Waals surface area (Å²) >= 11 is 0. The number of amides is 1. The molecule has 24 heavy (non-hydrogen) atoms. The van der Waals surface area contributed by atoms with Gasteiger partial charge in [-0.05, 0) is 42.2 Å². The van der Waals surface area contributed by atoms with Crippen LogP contribution in [0.3, 0.4) is 0 Å². The quantitative estimate of drug-likeness (QED) is 0.906. The highest BCUT2D eigenvalue weighted by Gasteiger charge is 2.44. The minimum atomic E-state index is -4.37. The molecule has 1 N–H and O–H groups in total. The van der Waals surface area contributed by atoms with Crippen LogP contribution in [-0.4, -0.2) is 16.9 Å². The van der Waals surface area contributed by atoms with E-state index in [1.54, 1.807) is 18.5 Å². The number of halogens is 3. The minimum absolute atomic E-state index is 0.135. The molecule has 0 bridgehead atoms. The number of benzene rings is 1. The third-order valence-electron chi connectivity index (χ3n) is 4.19. The normalized spacial score (nSPS) is 19.8. The van der Waals surface area contributed by atoms with Crippen molar-refractivity contribution in [2.75, 3.05) is 0 Å². The van der Waals surface area contributed by atoms with Crippen LogP contribution in [-0.2, 0) is 17.4 Å². The largest absolute Gasteiger partial charge is 0.416 e. The number of aromatic nitrogens is 1. The molecule has 0 aliphatic heterocycles. The van der Waals surface area contributed by atoms with Crippen LogP contribution < -0.4 is 5.32 Å². The average molecular weight is 334 g/mol. The summed E-state index contributed by atoms with van der Waals surface area (Å²) in [5, 5.41) is 2.83. The predicted molar refractivity (Wildman–Crippen MR) is 83.3 cm³/mol. The van der Waals surface area contributed by atoms with Crippen LogP contribution in [0.25, 0.3) is 0 Å². The van der Waals surface area contributed by atoms with Gasteiger partial charge in [-0.15, -0.1) is 0 Å². The van der Waals surface area contributed by atoms with Crippen LogP contribution in [0.5, 0.6) is 0 Å². The Labute approximate surface area is 137 Å². The van der Waals surface area contributed by atoms with E-state index in [9.17, 15) is 18.0 Å². The van der Waals surface area contributed by atoms with E-state index in [2.05, 4.69) is 10.3 Å². The van der Waals surface area contributed by atoms with Crippen molar-refractivity contribution < 1.29 is 18.0 Å². The number of carbonyl (C=O) groups is 1. The van der Waals surface area contributed by atoms with Crippen molar-refractivity contribution in [3.63, 3.8) is 0 Å². The first-order chi connectivity index (χ1) is 11.4. The standard InChI is InChI=1S/C18H17F3N2O/c19-18(20,21)15-4-2-1-3-13(15)14-11-16(14)23-17(24)6-5-12-7-9-22-10-8-12/h1-4,7-10,14,16H,5-6,11H2,(H,23,24). The lowest BCUT2D eigenvalue weighted by Gasteiger charge is -2.12. The van der Waals surface area contributed by atoms with Crippen molar-refractivity contribution in [1.29, 1.82) is 0 Å². The predicted octanol–water partition coefficient (Wildman–Crippen LogP) is 3.71. The van der Waals surface area contributed by atoms with Crippen LogP contribution in [0.4, 0.5) is 13.2 Å². The van der Waals surface area contributed by atoms with E-state index in [-0.39, 0.29) is 23.4 Å². The summed E-state index contributed by atoms with van der Waals surface area (Å²) in [4.78, 5) is 15.9. The van der Waals surface area contributed by atoms with Gasteiger partial charge in [-0.2, -0.15) is 13.2 Å². The maximum atomic E-state index is 13.0.